The fraction of sp³-hybridized carbons (Fsp3) is 0.350. The first-order chi connectivity index (χ1) is 12.1. The number of piperidine rings is 1. The van der Waals surface area contributed by atoms with E-state index in [1.807, 2.05) is 17.5 Å². The Bertz CT molecular complexity index is 826. The molecule has 4 nitrogen and oxygen atoms in total. The van der Waals surface area contributed by atoms with Crippen molar-refractivity contribution in [2.45, 2.75) is 38.8 Å². The highest BCUT2D eigenvalue weighted by molar-refractivity contribution is 7.10. The monoisotopic (exact) mass is 355 g/mol. The van der Waals surface area contributed by atoms with Crippen molar-refractivity contribution in [1.82, 2.24) is 0 Å². The average molecular weight is 355 g/mol. The van der Waals surface area contributed by atoms with E-state index in [0.717, 1.165) is 11.4 Å². The number of carbonyl (C=O) groups excluding carboxylic acids is 1. The van der Waals surface area contributed by atoms with Crippen LogP contribution in [0, 0.1) is 0 Å². The Kier molecular flexibility index (Phi) is 4.36. The molecule has 0 saturated carbocycles. The van der Waals surface area contributed by atoms with E-state index in [1.165, 1.54) is 30.2 Å². The Morgan fingerprint density at radius 3 is 3.00 bits per heavy atom. The van der Waals surface area contributed by atoms with Gasteiger partial charge in [0, 0.05) is 16.5 Å². The van der Waals surface area contributed by atoms with Crippen molar-refractivity contribution in [2.24, 2.45) is 0 Å². The van der Waals surface area contributed by atoms with Crippen LogP contribution in [0.5, 0.6) is 11.5 Å². The molecule has 2 aromatic rings. The summed E-state index contributed by atoms with van der Waals surface area (Å²) in [4.78, 5) is 15.0. The number of Topliss-reactive ketones (excluding diaryl/α,β-unsaturated/α-hetero) is 1. The maximum Gasteiger partial charge on any atom is 0.232 e. The molecule has 0 spiro atoms. The van der Waals surface area contributed by atoms with Crippen molar-refractivity contribution >= 4 is 23.2 Å². The number of hydrogen-bond donors (Lipinski definition) is 1. The van der Waals surface area contributed by atoms with Crippen molar-refractivity contribution in [3.05, 3.63) is 51.4 Å². The SMILES string of the molecule is CC1CCCC[NH+]1Cc1c([O-])ccc2c1OC(=Cc1cccs1)C2=O. The van der Waals surface area contributed by atoms with Crippen molar-refractivity contribution in [3.63, 3.8) is 0 Å². The lowest BCUT2D eigenvalue weighted by Crippen LogP contribution is -3.14. The van der Waals surface area contributed by atoms with Gasteiger partial charge in [-0.15, -0.1) is 11.3 Å². The van der Waals surface area contributed by atoms with Gasteiger partial charge in [-0.2, -0.15) is 0 Å². The molecule has 4 rings (SSSR count). The van der Waals surface area contributed by atoms with Crippen LogP contribution in [0.1, 0.15) is 47.0 Å². The zero-order valence-corrected chi connectivity index (χ0v) is 15.0. The van der Waals surface area contributed by atoms with Crippen molar-refractivity contribution < 1.29 is 19.5 Å². The summed E-state index contributed by atoms with van der Waals surface area (Å²) in [7, 11) is 0. The Labute approximate surface area is 151 Å². The van der Waals surface area contributed by atoms with Crippen molar-refractivity contribution in [2.75, 3.05) is 6.54 Å². The summed E-state index contributed by atoms with van der Waals surface area (Å²) in [5.41, 5.74) is 1.16. The summed E-state index contributed by atoms with van der Waals surface area (Å²) in [5.74, 6) is 0.622. The summed E-state index contributed by atoms with van der Waals surface area (Å²) in [6.07, 6.45) is 5.39. The van der Waals surface area contributed by atoms with E-state index in [1.54, 1.807) is 23.5 Å². The lowest BCUT2D eigenvalue weighted by Gasteiger charge is -2.31. The fourth-order valence-corrected chi connectivity index (χ4v) is 4.35. The van der Waals surface area contributed by atoms with Gasteiger partial charge in [0.15, 0.2) is 5.76 Å². The highest BCUT2D eigenvalue weighted by atomic mass is 32.1. The number of rotatable bonds is 3. The molecule has 0 amide bonds. The summed E-state index contributed by atoms with van der Waals surface area (Å²) in [6, 6.07) is 7.52. The van der Waals surface area contributed by atoms with Gasteiger partial charge in [0.2, 0.25) is 5.78 Å². The predicted octanol–water partition coefficient (Wildman–Crippen LogP) is 2.40. The number of ether oxygens (including phenoxy) is 1. The number of carbonyl (C=O) groups is 1. The zero-order valence-electron chi connectivity index (χ0n) is 14.2. The average Bonchev–Trinajstić information content (AvgIpc) is 3.21. The van der Waals surface area contributed by atoms with Gasteiger partial charge in [0.05, 0.1) is 18.2 Å². The molecule has 2 unspecified atom stereocenters. The summed E-state index contributed by atoms with van der Waals surface area (Å²) < 4.78 is 5.89. The highest BCUT2D eigenvalue weighted by Gasteiger charge is 2.32. The molecule has 1 saturated heterocycles. The van der Waals surface area contributed by atoms with E-state index in [4.69, 9.17) is 4.74 Å². The van der Waals surface area contributed by atoms with Crippen LogP contribution in [0.25, 0.3) is 6.08 Å². The largest absolute Gasteiger partial charge is 0.872 e. The molecule has 5 heteroatoms. The molecule has 130 valence electrons. The van der Waals surface area contributed by atoms with E-state index in [2.05, 4.69) is 6.92 Å². The first-order valence-corrected chi connectivity index (χ1v) is 9.66. The summed E-state index contributed by atoms with van der Waals surface area (Å²) in [6.45, 7) is 3.93. The van der Waals surface area contributed by atoms with Crippen LogP contribution in [-0.2, 0) is 6.54 Å². The van der Waals surface area contributed by atoms with Gasteiger partial charge in [-0.1, -0.05) is 17.9 Å². The van der Waals surface area contributed by atoms with Crippen LogP contribution >= 0.6 is 11.3 Å². The van der Waals surface area contributed by atoms with Crippen LogP contribution in [-0.4, -0.2) is 18.4 Å². The molecule has 1 aromatic carbocycles. The normalized spacial score (nSPS) is 24.4. The van der Waals surface area contributed by atoms with Gasteiger partial charge in [-0.05, 0) is 43.7 Å². The van der Waals surface area contributed by atoms with Crippen LogP contribution in [0.4, 0.5) is 0 Å². The van der Waals surface area contributed by atoms with Crippen LogP contribution in [0.2, 0.25) is 0 Å². The molecule has 1 N–H and O–H groups in total. The number of nitrogens with one attached hydrogen (secondary N) is 1. The third-order valence-electron chi connectivity index (χ3n) is 5.20. The van der Waals surface area contributed by atoms with Gasteiger partial charge in [-0.25, -0.2) is 0 Å². The molecule has 25 heavy (non-hydrogen) atoms. The van der Waals surface area contributed by atoms with Gasteiger partial charge < -0.3 is 14.7 Å². The molecule has 0 aliphatic carbocycles. The van der Waals surface area contributed by atoms with Crippen molar-refractivity contribution in [3.8, 4) is 11.5 Å². The molecule has 2 aliphatic rings. The zero-order chi connectivity index (χ0) is 17.4. The maximum atomic E-state index is 12.6. The number of hydrogen-bond acceptors (Lipinski definition) is 4. The summed E-state index contributed by atoms with van der Waals surface area (Å²) in [5, 5.41) is 14.4. The number of thiophene rings is 1. The molecule has 1 aromatic heterocycles. The Balaban J connectivity index is 1.67. The first kappa shape index (κ1) is 16.4. The van der Waals surface area contributed by atoms with E-state index in [0.29, 0.717) is 35.2 Å². The quantitative estimate of drug-likeness (QED) is 0.860. The fourth-order valence-electron chi connectivity index (χ4n) is 3.70. The molecule has 2 atom stereocenters. The Morgan fingerprint density at radius 2 is 2.24 bits per heavy atom. The summed E-state index contributed by atoms with van der Waals surface area (Å²) >= 11 is 1.55. The van der Waals surface area contributed by atoms with Gasteiger partial charge >= 0.3 is 0 Å². The Morgan fingerprint density at radius 1 is 1.36 bits per heavy atom. The van der Waals surface area contributed by atoms with Crippen LogP contribution in [0.15, 0.2) is 35.4 Å². The molecular weight excluding hydrogens is 334 g/mol. The minimum Gasteiger partial charge on any atom is -0.872 e. The minimum absolute atomic E-state index is 0.0332. The topological polar surface area (TPSA) is 53.8 Å². The smallest absolute Gasteiger partial charge is 0.232 e. The number of ketones is 1. The molecule has 0 radical (unpaired) electrons. The van der Waals surface area contributed by atoms with E-state index in [-0.39, 0.29) is 11.5 Å². The van der Waals surface area contributed by atoms with E-state index in [9.17, 15) is 9.90 Å². The molecule has 2 aliphatic heterocycles. The minimum atomic E-state index is -0.133. The molecule has 3 heterocycles. The number of benzene rings is 1. The third-order valence-corrected chi connectivity index (χ3v) is 6.02. The predicted molar refractivity (Wildman–Crippen MR) is 96.0 cm³/mol. The lowest BCUT2D eigenvalue weighted by atomic mass is 10.0. The second-order valence-electron chi connectivity index (χ2n) is 6.86. The van der Waals surface area contributed by atoms with Gasteiger partial charge in [-0.3, -0.25) is 4.79 Å². The second kappa shape index (κ2) is 6.65. The van der Waals surface area contributed by atoms with Crippen LogP contribution in [0.3, 0.4) is 0 Å². The third kappa shape index (κ3) is 3.10. The number of fused-ring (bicyclic) bond motifs is 1. The lowest BCUT2D eigenvalue weighted by molar-refractivity contribution is -0.942. The maximum absolute atomic E-state index is 12.6. The van der Waals surface area contributed by atoms with Gasteiger partial charge in [0.1, 0.15) is 12.3 Å². The van der Waals surface area contributed by atoms with Crippen LogP contribution < -0.4 is 14.7 Å². The number of quaternary nitrogens is 1. The molecule has 1 fully saturated rings. The van der Waals surface area contributed by atoms with E-state index < -0.39 is 0 Å². The van der Waals surface area contributed by atoms with Crippen molar-refractivity contribution in [1.29, 1.82) is 0 Å². The number of allylic oxidation sites excluding steroid dienone is 1. The molecule has 0 bridgehead atoms. The highest BCUT2D eigenvalue weighted by Crippen LogP contribution is 2.38. The number of likely N-dealkylation sites (tertiary alicyclic amines) is 1. The second-order valence-corrected chi connectivity index (χ2v) is 7.84. The van der Waals surface area contributed by atoms with Gasteiger partial charge in [0.25, 0.3) is 0 Å². The first-order valence-electron chi connectivity index (χ1n) is 8.78. The standard InChI is InChI=1S/C20H21NO3S/c1-13-5-2-3-9-21(13)12-16-17(22)8-7-15-19(23)18(24-20(15)16)11-14-6-4-10-25-14/h4,6-8,10-11,13,22H,2-3,5,9,12H2,1H3. The molecular formula is C20H21NO3S. The van der Waals surface area contributed by atoms with E-state index >= 15 is 0 Å². The Hall–Kier alpha value is -2.11.